The van der Waals surface area contributed by atoms with Gasteiger partial charge in [-0.1, -0.05) is 36.8 Å². The maximum Gasteiger partial charge on any atom is 0.0486 e. The van der Waals surface area contributed by atoms with Gasteiger partial charge in [0.1, 0.15) is 0 Å². The lowest BCUT2D eigenvalue weighted by Crippen LogP contribution is -2.27. The normalized spacial score (nSPS) is 12.5. The second-order valence-electron chi connectivity index (χ2n) is 2.95. The molecule has 0 unspecified atom stereocenters. The molecule has 64 valence electrons. The Hall–Kier alpha value is -1.31. The van der Waals surface area contributed by atoms with Crippen molar-refractivity contribution in [1.29, 1.82) is 0 Å². The molecule has 1 aromatic carbocycles. The second-order valence-corrected chi connectivity index (χ2v) is 2.95. The Kier molecular flexibility index (Phi) is 2.48. The van der Waals surface area contributed by atoms with E-state index in [1.807, 2.05) is 25.1 Å². The topological polar surface area (TPSA) is 40.1 Å². The van der Waals surface area contributed by atoms with Crippen LogP contribution in [0.1, 0.15) is 24.0 Å². The Morgan fingerprint density at radius 2 is 2.17 bits per heavy atom. The van der Waals surface area contributed by atoms with E-state index < -0.39 is 11.9 Å². The zero-order valence-corrected chi connectivity index (χ0v) is 7.20. The van der Waals surface area contributed by atoms with Crippen LogP contribution in [0.4, 0.5) is 0 Å². The third-order valence-corrected chi connectivity index (χ3v) is 1.90. The number of rotatable bonds is 2. The van der Waals surface area contributed by atoms with Gasteiger partial charge in [-0.2, -0.15) is 0 Å². The van der Waals surface area contributed by atoms with Gasteiger partial charge in [0.25, 0.3) is 0 Å². The van der Waals surface area contributed by atoms with Gasteiger partial charge in [-0.05, 0) is 12.5 Å². The van der Waals surface area contributed by atoms with Crippen LogP contribution in [0.5, 0.6) is 0 Å². The van der Waals surface area contributed by atoms with Gasteiger partial charge in [0.2, 0.25) is 0 Å². The van der Waals surface area contributed by atoms with E-state index in [-0.39, 0.29) is 0 Å². The van der Waals surface area contributed by atoms with E-state index in [2.05, 4.69) is 0 Å². The molecule has 2 nitrogen and oxygen atoms in total. The number of hydrogen-bond acceptors (Lipinski definition) is 2. The van der Waals surface area contributed by atoms with Crippen molar-refractivity contribution < 1.29 is 9.90 Å². The van der Waals surface area contributed by atoms with Gasteiger partial charge in [-0.3, -0.25) is 0 Å². The fourth-order valence-corrected chi connectivity index (χ4v) is 1.08. The highest BCUT2D eigenvalue weighted by atomic mass is 16.4. The van der Waals surface area contributed by atoms with E-state index in [1.165, 1.54) is 0 Å². The van der Waals surface area contributed by atoms with Crippen molar-refractivity contribution in [1.82, 2.24) is 0 Å². The minimum absolute atomic E-state index is 0.523. The third kappa shape index (κ3) is 1.84. The highest BCUT2D eigenvalue weighted by Gasteiger charge is 2.04. The van der Waals surface area contributed by atoms with Crippen molar-refractivity contribution in [2.24, 2.45) is 0 Å². The van der Waals surface area contributed by atoms with E-state index in [0.29, 0.717) is 0 Å². The van der Waals surface area contributed by atoms with E-state index in [1.54, 1.807) is 13.0 Å². The first-order chi connectivity index (χ1) is 5.61. The number of aryl methyl sites for hydroxylation is 1. The Bertz CT molecular complexity index is 292. The van der Waals surface area contributed by atoms with Crippen molar-refractivity contribution in [2.75, 3.05) is 0 Å². The lowest BCUT2D eigenvalue weighted by Gasteiger charge is -2.12. The third-order valence-electron chi connectivity index (χ3n) is 1.90. The van der Waals surface area contributed by atoms with E-state index in [4.69, 9.17) is 0 Å². The fourth-order valence-electron chi connectivity index (χ4n) is 1.08. The number of hydrogen-bond donors (Lipinski definition) is 0. The molecule has 0 aliphatic heterocycles. The number of carboxylic acids is 1. The predicted octanol–water partition coefficient (Wildman–Crippen LogP) is 0.848. The maximum atomic E-state index is 10.5. The smallest absolute Gasteiger partial charge is 0.0486 e. The fraction of sp³-hybridized carbons (Fsp3) is 0.300. The van der Waals surface area contributed by atoms with Crippen LogP contribution in [-0.2, 0) is 4.79 Å². The number of benzene rings is 1. The van der Waals surface area contributed by atoms with Crippen molar-refractivity contribution in [3.8, 4) is 0 Å². The molecule has 0 spiro atoms. The quantitative estimate of drug-likeness (QED) is 0.648. The molecule has 0 amide bonds. The zero-order valence-electron chi connectivity index (χ0n) is 7.20. The molecular weight excluding hydrogens is 152 g/mol. The molecule has 0 heterocycles. The van der Waals surface area contributed by atoms with Gasteiger partial charge in [-0.25, -0.2) is 0 Å². The molecule has 12 heavy (non-hydrogen) atoms. The monoisotopic (exact) mass is 163 g/mol. The Morgan fingerprint density at radius 1 is 1.50 bits per heavy atom. The summed E-state index contributed by atoms with van der Waals surface area (Å²) >= 11 is 0. The summed E-state index contributed by atoms with van der Waals surface area (Å²) in [5, 5.41) is 10.5. The summed E-state index contributed by atoms with van der Waals surface area (Å²) in [6.07, 6.45) is 0. The van der Waals surface area contributed by atoms with Crippen LogP contribution in [0.2, 0.25) is 0 Å². The summed E-state index contributed by atoms with van der Waals surface area (Å²) in [6.45, 7) is 3.57. The molecule has 0 radical (unpaired) electrons. The number of carbonyl (C=O) groups is 1. The van der Waals surface area contributed by atoms with Gasteiger partial charge in [0.15, 0.2) is 0 Å². The van der Waals surface area contributed by atoms with Crippen molar-refractivity contribution in [3.05, 3.63) is 35.4 Å². The maximum absolute atomic E-state index is 10.5. The molecular formula is C10H11O2-. The average molecular weight is 163 g/mol. The van der Waals surface area contributed by atoms with Gasteiger partial charge >= 0.3 is 0 Å². The number of carboxylic acid groups (broad SMARTS) is 1. The lowest BCUT2D eigenvalue weighted by atomic mass is 10.00. The number of carbonyl (C=O) groups excluding carboxylic acids is 1. The summed E-state index contributed by atoms with van der Waals surface area (Å²) in [5.41, 5.74) is 1.87. The minimum atomic E-state index is -1.03. The highest BCUT2D eigenvalue weighted by molar-refractivity contribution is 5.73. The van der Waals surface area contributed by atoms with Crippen LogP contribution < -0.4 is 5.11 Å². The van der Waals surface area contributed by atoms with Crippen LogP contribution >= 0.6 is 0 Å². The van der Waals surface area contributed by atoms with Crippen LogP contribution in [0.3, 0.4) is 0 Å². The molecule has 1 atom stereocenters. The molecule has 0 aliphatic rings. The molecule has 1 aromatic rings. The van der Waals surface area contributed by atoms with E-state index >= 15 is 0 Å². The van der Waals surface area contributed by atoms with E-state index in [9.17, 15) is 9.90 Å². The molecule has 0 fully saturated rings. The van der Waals surface area contributed by atoms with Gasteiger partial charge in [0.05, 0.1) is 0 Å². The predicted molar refractivity (Wildman–Crippen MR) is 44.6 cm³/mol. The summed E-state index contributed by atoms with van der Waals surface area (Å²) in [5.74, 6) is -1.55. The molecule has 0 aliphatic carbocycles. The van der Waals surface area contributed by atoms with Gasteiger partial charge in [-0.15, -0.1) is 0 Å². The number of aliphatic carboxylic acids is 1. The molecule has 0 saturated heterocycles. The van der Waals surface area contributed by atoms with Crippen molar-refractivity contribution in [3.63, 3.8) is 0 Å². The first-order valence-corrected chi connectivity index (χ1v) is 3.88. The van der Waals surface area contributed by atoms with Gasteiger partial charge < -0.3 is 9.90 Å². The molecule has 0 bridgehead atoms. The lowest BCUT2D eigenvalue weighted by molar-refractivity contribution is -0.307. The first kappa shape index (κ1) is 8.78. The van der Waals surface area contributed by atoms with Gasteiger partial charge in [0, 0.05) is 11.9 Å². The van der Waals surface area contributed by atoms with Crippen molar-refractivity contribution >= 4 is 5.97 Å². The average Bonchev–Trinajstić information content (AvgIpc) is 2.03. The highest BCUT2D eigenvalue weighted by Crippen LogP contribution is 2.14. The standard InChI is InChI=1S/C10H12O2/c1-7-4-3-5-9(6-7)8(2)10(11)12/h3-6,8H,1-2H3,(H,11,12)/p-1/t8-/m0/s1. The SMILES string of the molecule is Cc1cccc([C@H](C)C(=O)[O-])c1. The Balaban J connectivity index is 2.95. The summed E-state index contributed by atoms with van der Waals surface area (Å²) in [4.78, 5) is 10.5. The Morgan fingerprint density at radius 3 is 2.67 bits per heavy atom. The summed E-state index contributed by atoms with van der Waals surface area (Å²) in [7, 11) is 0. The Labute approximate surface area is 71.8 Å². The van der Waals surface area contributed by atoms with Crippen LogP contribution in [0, 0.1) is 6.92 Å². The summed E-state index contributed by atoms with van der Waals surface area (Å²) in [6, 6.07) is 7.45. The molecule has 0 N–H and O–H groups in total. The van der Waals surface area contributed by atoms with Crippen molar-refractivity contribution in [2.45, 2.75) is 19.8 Å². The second kappa shape index (κ2) is 3.39. The molecule has 0 saturated carbocycles. The van der Waals surface area contributed by atoms with Crippen LogP contribution in [0.25, 0.3) is 0 Å². The van der Waals surface area contributed by atoms with Crippen LogP contribution in [0.15, 0.2) is 24.3 Å². The largest absolute Gasteiger partial charge is 0.550 e. The van der Waals surface area contributed by atoms with E-state index in [0.717, 1.165) is 11.1 Å². The zero-order chi connectivity index (χ0) is 9.14. The molecule has 0 aromatic heterocycles. The summed E-state index contributed by atoms with van der Waals surface area (Å²) < 4.78 is 0. The minimum Gasteiger partial charge on any atom is -0.550 e. The first-order valence-electron chi connectivity index (χ1n) is 3.88. The molecule has 2 heteroatoms. The molecule has 1 rings (SSSR count). The van der Waals surface area contributed by atoms with Crippen LogP contribution in [-0.4, -0.2) is 5.97 Å².